The molecule has 0 saturated heterocycles. The van der Waals surface area contributed by atoms with Crippen LogP contribution in [-0.2, 0) is 0 Å². The van der Waals surface area contributed by atoms with Crippen molar-refractivity contribution < 1.29 is 9.53 Å². The zero-order valence-corrected chi connectivity index (χ0v) is 10.8. The number of ketones is 1. The van der Waals surface area contributed by atoms with Crippen molar-refractivity contribution in [2.45, 2.75) is 6.92 Å². The van der Waals surface area contributed by atoms with E-state index in [1.807, 2.05) is 25.1 Å². The molecule has 0 aliphatic heterocycles. The molecule has 0 radical (unpaired) electrons. The highest BCUT2D eigenvalue weighted by atomic mass is 35.5. The zero-order chi connectivity index (χ0) is 13.0. The van der Waals surface area contributed by atoms with Crippen LogP contribution >= 0.6 is 11.6 Å². The number of rotatable bonds is 4. The Bertz CT molecular complexity index is 550. The van der Waals surface area contributed by atoms with Crippen molar-refractivity contribution in [3.05, 3.63) is 64.7 Å². The average Bonchev–Trinajstić information content (AvgIpc) is 2.38. The van der Waals surface area contributed by atoms with Crippen LogP contribution in [0.15, 0.2) is 48.5 Å². The molecule has 0 amide bonds. The normalized spacial score (nSPS) is 10.1. The van der Waals surface area contributed by atoms with Gasteiger partial charge in [-0.3, -0.25) is 4.79 Å². The summed E-state index contributed by atoms with van der Waals surface area (Å²) >= 11 is 5.99. The number of hydrogen-bond acceptors (Lipinski definition) is 2. The van der Waals surface area contributed by atoms with Crippen LogP contribution in [0.4, 0.5) is 0 Å². The Balaban J connectivity index is 2.36. The molecule has 0 aliphatic carbocycles. The van der Waals surface area contributed by atoms with Crippen molar-refractivity contribution >= 4 is 17.4 Å². The first-order chi connectivity index (χ1) is 8.70. The highest BCUT2D eigenvalue weighted by molar-refractivity contribution is 6.31. The van der Waals surface area contributed by atoms with E-state index < -0.39 is 0 Å². The van der Waals surface area contributed by atoms with Crippen LogP contribution in [0.25, 0.3) is 0 Å². The third-order valence-electron chi connectivity index (χ3n) is 2.48. The van der Waals surface area contributed by atoms with Crippen molar-refractivity contribution in [1.82, 2.24) is 0 Å². The molecule has 0 heterocycles. The van der Waals surface area contributed by atoms with Gasteiger partial charge in [0.05, 0.1) is 6.61 Å². The number of carbonyl (C=O) groups excluding carboxylic acids is 1. The van der Waals surface area contributed by atoms with Gasteiger partial charge in [-0.1, -0.05) is 41.9 Å². The van der Waals surface area contributed by atoms with E-state index in [0.717, 1.165) is 0 Å². The first kappa shape index (κ1) is 12.7. The zero-order valence-electron chi connectivity index (χ0n) is 10.0. The maximum Gasteiger partial charge on any atom is 0.193 e. The molecule has 92 valence electrons. The second-order valence-electron chi connectivity index (χ2n) is 3.80. The molecule has 2 nitrogen and oxygen atoms in total. The van der Waals surface area contributed by atoms with Crippen LogP contribution < -0.4 is 4.74 Å². The first-order valence-electron chi connectivity index (χ1n) is 5.74. The van der Waals surface area contributed by atoms with E-state index in [9.17, 15) is 4.79 Å². The number of ether oxygens (including phenoxy) is 1. The summed E-state index contributed by atoms with van der Waals surface area (Å²) in [4.78, 5) is 12.2. The lowest BCUT2D eigenvalue weighted by molar-refractivity contribution is 0.103. The maximum absolute atomic E-state index is 12.2. The minimum atomic E-state index is -0.0564. The minimum absolute atomic E-state index is 0.0564. The van der Waals surface area contributed by atoms with E-state index in [0.29, 0.717) is 28.5 Å². The number of hydrogen-bond donors (Lipinski definition) is 0. The van der Waals surface area contributed by atoms with Crippen LogP contribution in [0, 0.1) is 0 Å². The fourth-order valence-electron chi connectivity index (χ4n) is 1.70. The van der Waals surface area contributed by atoms with Gasteiger partial charge < -0.3 is 4.74 Å². The number of carbonyl (C=O) groups is 1. The lowest BCUT2D eigenvalue weighted by atomic mass is 10.0. The monoisotopic (exact) mass is 260 g/mol. The van der Waals surface area contributed by atoms with E-state index in [1.54, 1.807) is 30.3 Å². The summed E-state index contributed by atoms with van der Waals surface area (Å²) in [6.07, 6.45) is 0. The molecule has 2 aromatic rings. The average molecular weight is 261 g/mol. The molecule has 0 aliphatic rings. The lowest BCUT2D eigenvalue weighted by Crippen LogP contribution is -2.02. The SMILES string of the molecule is CCOc1cc(Cl)cc(C(=O)c2ccccc2)c1. The predicted octanol–water partition coefficient (Wildman–Crippen LogP) is 3.97. The molecule has 0 atom stereocenters. The fraction of sp³-hybridized carbons (Fsp3) is 0.133. The molecule has 0 spiro atoms. The van der Waals surface area contributed by atoms with Gasteiger partial charge in [0.15, 0.2) is 5.78 Å². The Labute approximate surface area is 111 Å². The lowest BCUT2D eigenvalue weighted by Gasteiger charge is -2.07. The van der Waals surface area contributed by atoms with Crippen molar-refractivity contribution in [1.29, 1.82) is 0 Å². The third kappa shape index (κ3) is 2.90. The molecule has 0 unspecified atom stereocenters. The Morgan fingerprint density at radius 3 is 2.50 bits per heavy atom. The summed E-state index contributed by atoms with van der Waals surface area (Å²) in [5, 5.41) is 0.500. The van der Waals surface area contributed by atoms with E-state index in [1.165, 1.54) is 0 Å². The molecule has 2 rings (SSSR count). The van der Waals surface area contributed by atoms with Gasteiger partial charge in [-0.2, -0.15) is 0 Å². The van der Waals surface area contributed by atoms with Gasteiger partial charge in [0.1, 0.15) is 5.75 Å². The van der Waals surface area contributed by atoms with Gasteiger partial charge >= 0.3 is 0 Å². The van der Waals surface area contributed by atoms with Gasteiger partial charge in [-0.25, -0.2) is 0 Å². The fourth-order valence-corrected chi connectivity index (χ4v) is 1.93. The molecular weight excluding hydrogens is 248 g/mol. The minimum Gasteiger partial charge on any atom is -0.494 e. The summed E-state index contributed by atoms with van der Waals surface area (Å²) < 4.78 is 5.38. The predicted molar refractivity (Wildman–Crippen MR) is 72.5 cm³/mol. The Hall–Kier alpha value is -1.80. The second-order valence-corrected chi connectivity index (χ2v) is 4.24. The molecule has 3 heteroatoms. The molecule has 18 heavy (non-hydrogen) atoms. The largest absolute Gasteiger partial charge is 0.494 e. The summed E-state index contributed by atoms with van der Waals surface area (Å²) in [5.74, 6) is 0.559. The molecule has 0 aromatic heterocycles. The van der Waals surface area contributed by atoms with Gasteiger partial charge in [0, 0.05) is 16.1 Å². The molecule has 2 aromatic carbocycles. The van der Waals surface area contributed by atoms with Gasteiger partial charge in [0.2, 0.25) is 0 Å². The van der Waals surface area contributed by atoms with Crippen molar-refractivity contribution in [3.63, 3.8) is 0 Å². The van der Waals surface area contributed by atoms with Crippen LogP contribution in [0.5, 0.6) is 5.75 Å². The highest BCUT2D eigenvalue weighted by Gasteiger charge is 2.10. The van der Waals surface area contributed by atoms with Gasteiger partial charge in [-0.05, 0) is 25.1 Å². The summed E-state index contributed by atoms with van der Waals surface area (Å²) in [7, 11) is 0. The number of benzene rings is 2. The van der Waals surface area contributed by atoms with Crippen LogP contribution in [0.1, 0.15) is 22.8 Å². The van der Waals surface area contributed by atoms with E-state index in [4.69, 9.17) is 16.3 Å². The van der Waals surface area contributed by atoms with Crippen molar-refractivity contribution in [2.24, 2.45) is 0 Å². The Kier molecular flexibility index (Phi) is 4.00. The highest BCUT2D eigenvalue weighted by Crippen LogP contribution is 2.23. The summed E-state index contributed by atoms with van der Waals surface area (Å²) in [6, 6.07) is 14.2. The van der Waals surface area contributed by atoms with E-state index >= 15 is 0 Å². The maximum atomic E-state index is 12.2. The molecule has 0 bridgehead atoms. The second kappa shape index (κ2) is 5.69. The van der Waals surface area contributed by atoms with Crippen LogP contribution in [-0.4, -0.2) is 12.4 Å². The van der Waals surface area contributed by atoms with E-state index in [2.05, 4.69) is 0 Å². The van der Waals surface area contributed by atoms with Gasteiger partial charge in [-0.15, -0.1) is 0 Å². The van der Waals surface area contributed by atoms with Crippen molar-refractivity contribution in [2.75, 3.05) is 6.61 Å². The molecule has 0 saturated carbocycles. The number of halogens is 1. The standard InChI is InChI=1S/C15H13ClO2/c1-2-18-14-9-12(8-13(16)10-14)15(17)11-6-4-3-5-7-11/h3-10H,2H2,1H3. The molecule has 0 fully saturated rings. The third-order valence-corrected chi connectivity index (χ3v) is 2.70. The molecule has 0 N–H and O–H groups in total. The first-order valence-corrected chi connectivity index (χ1v) is 6.11. The topological polar surface area (TPSA) is 26.3 Å². The Morgan fingerprint density at radius 2 is 1.83 bits per heavy atom. The van der Waals surface area contributed by atoms with Crippen LogP contribution in [0.3, 0.4) is 0 Å². The Morgan fingerprint density at radius 1 is 1.11 bits per heavy atom. The van der Waals surface area contributed by atoms with Crippen LogP contribution in [0.2, 0.25) is 5.02 Å². The quantitative estimate of drug-likeness (QED) is 0.778. The summed E-state index contributed by atoms with van der Waals surface area (Å²) in [5.41, 5.74) is 1.18. The van der Waals surface area contributed by atoms with Gasteiger partial charge in [0.25, 0.3) is 0 Å². The summed E-state index contributed by atoms with van der Waals surface area (Å²) in [6.45, 7) is 2.43. The smallest absolute Gasteiger partial charge is 0.193 e. The van der Waals surface area contributed by atoms with Crippen molar-refractivity contribution in [3.8, 4) is 5.75 Å². The molecular formula is C15H13ClO2. The van der Waals surface area contributed by atoms with E-state index in [-0.39, 0.29) is 5.78 Å².